The van der Waals surface area contributed by atoms with Crippen LogP contribution in [0.1, 0.15) is 13.3 Å². The molecule has 0 aliphatic carbocycles. The summed E-state index contributed by atoms with van der Waals surface area (Å²) in [7, 11) is -1.03. The highest BCUT2D eigenvalue weighted by Crippen LogP contribution is 1.98. The van der Waals surface area contributed by atoms with Gasteiger partial charge in [-0.2, -0.15) is 0 Å². The number of hydrogen-bond donors (Lipinski definition) is 1. The summed E-state index contributed by atoms with van der Waals surface area (Å²) < 4.78 is 22.7. The maximum atomic E-state index is 12.0. The molecule has 0 spiro atoms. The van der Waals surface area contributed by atoms with E-state index in [0.29, 0.717) is 19.5 Å². The van der Waals surface area contributed by atoms with Crippen LogP contribution in [0, 0.1) is 0 Å². The Balaban J connectivity index is 2.23. The van der Waals surface area contributed by atoms with Crippen molar-refractivity contribution in [2.75, 3.05) is 57.8 Å². The molecule has 6 nitrogen and oxygen atoms in total. The van der Waals surface area contributed by atoms with Crippen LogP contribution in [0.25, 0.3) is 0 Å². The molecule has 0 unspecified atom stereocenters. The quantitative estimate of drug-likeness (QED) is 0.663. The molecule has 1 saturated heterocycles. The van der Waals surface area contributed by atoms with Crippen molar-refractivity contribution in [1.82, 2.24) is 15.1 Å². The van der Waals surface area contributed by atoms with E-state index >= 15 is 0 Å². The maximum Gasteiger partial charge on any atom is 0.236 e. The largest absolute Gasteiger partial charge is 0.339 e. The second-order valence-corrected chi connectivity index (χ2v) is 7.43. The Labute approximate surface area is 116 Å². The number of carbonyl (C=O) groups excluding carboxylic acids is 1. The van der Waals surface area contributed by atoms with Gasteiger partial charge in [0.2, 0.25) is 5.91 Å². The van der Waals surface area contributed by atoms with Gasteiger partial charge in [0, 0.05) is 31.9 Å². The van der Waals surface area contributed by atoms with Gasteiger partial charge in [-0.15, -0.1) is 0 Å². The van der Waals surface area contributed by atoms with Crippen LogP contribution in [0.3, 0.4) is 0 Å². The minimum Gasteiger partial charge on any atom is -0.339 e. The lowest BCUT2D eigenvalue weighted by atomic mass is 10.3. The van der Waals surface area contributed by atoms with Crippen molar-refractivity contribution in [3.05, 3.63) is 0 Å². The number of sulfone groups is 1. The Kier molecular flexibility index (Phi) is 6.74. The maximum absolute atomic E-state index is 12.0. The van der Waals surface area contributed by atoms with Gasteiger partial charge in [-0.25, -0.2) is 8.42 Å². The van der Waals surface area contributed by atoms with Gasteiger partial charge in [-0.1, -0.05) is 6.92 Å². The van der Waals surface area contributed by atoms with E-state index in [0.717, 1.165) is 26.2 Å². The summed E-state index contributed by atoms with van der Waals surface area (Å²) in [6.45, 7) is 5.89. The molecule has 0 aromatic rings. The van der Waals surface area contributed by atoms with Crippen LogP contribution in [0.4, 0.5) is 0 Å². The van der Waals surface area contributed by atoms with Gasteiger partial charge in [-0.3, -0.25) is 9.69 Å². The summed E-state index contributed by atoms with van der Waals surface area (Å²) in [5, 5.41) is 3.21. The van der Waals surface area contributed by atoms with Gasteiger partial charge in [0.05, 0.1) is 12.3 Å². The second kappa shape index (κ2) is 7.81. The third-order valence-corrected chi connectivity index (χ3v) is 5.10. The molecule has 0 atom stereocenters. The molecular formula is C12H25N3O3S. The van der Waals surface area contributed by atoms with E-state index in [1.165, 1.54) is 0 Å². The van der Waals surface area contributed by atoms with Gasteiger partial charge < -0.3 is 10.2 Å². The smallest absolute Gasteiger partial charge is 0.236 e. The first-order valence-corrected chi connectivity index (χ1v) is 8.64. The molecule has 1 aliphatic heterocycles. The molecule has 1 rings (SSSR count). The first-order valence-electron chi connectivity index (χ1n) is 6.82. The van der Waals surface area contributed by atoms with Crippen LogP contribution in [-0.4, -0.2) is 81.9 Å². The summed E-state index contributed by atoms with van der Waals surface area (Å²) in [5.41, 5.74) is 0. The van der Waals surface area contributed by atoms with E-state index in [-0.39, 0.29) is 17.4 Å². The number of amides is 1. The van der Waals surface area contributed by atoms with Crippen molar-refractivity contribution in [1.29, 1.82) is 0 Å². The molecule has 1 fully saturated rings. The van der Waals surface area contributed by atoms with E-state index in [4.69, 9.17) is 0 Å². The van der Waals surface area contributed by atoms with Crippen LogP contribution in [0.15, 0.2) is 0 Å². The van der Waals surface area contributed by atoms with E-state index < -0.39 is 9.84 Å². The molecule has 0 radical (unpaired) electrons. The summed E-state index contributed by atoms with van der Waals surface area (Å²) in [6, 6.07) is 0. The predicted octanol–water partition coefficient (Wildman–Crippen LogP) is -0.825. The first-order chi connectivity index (χ1) is 8.94. The van der Waals surface area contributed by atoms with Crippen molar-refractivity contribution >= 4 is 15.7 Å². The standard InChI is InChI=1S/C12H25N3O3S/c1-3-19(17,18)10-4-7-14(2)11-12(16)15-8-5-13-6-9-15/h13H,3-11H2,1-2H3. The highest BCUT2D eigenvalue weighted by atomic mass is 32.2. The van der Waals surface area contributed by atoms with Gasteiger partial charge >= 0.3 is 0 Å². The van der Waals surface area contributed by atoms with Gasteiger partial charge in [0.25, 0.3) is 0 Å². The number of hydrogen-bond acceptors (Lipinski definition) is 5. The van der Waals surface area contributed by atoms with Crippen LogP contribution < -0.4 is 5.32 Å². The highest BCUT2D eigenvalue weighted by molar-refractivity contribution is 7.91. The van der Waals surface area contributed by atoms with Gasteiger partial charge in [0.15, 0.2) is 0 Å². The fraction of sp³-hybridized carbons (Fsp3) is 0.917. The molecule has 0 saturated carbocycles. The molecular weight excluding hydrogens is 266 g/mol. The zero-order valence-electron chi connectivity index (χ0n) is 11.9. The molecule has 1 amide bonds. The monoisotopic (exact) mass is 291 g/mol. The third-order valence-electron chi connectivity index (χ3n) is 3.31. The zero-order chi connectivity index (χ0) is 14.3. The predicted molar refractivity (Wildman–Crippen MR) is 75.9 cm³/mol. The lowest BCUT2D eigenvalue weighted by Crippen LogP contribution is -2.49. The van der Waals surface area contributed by atoms with Crippen molar-refractivity contribution < 1.29 is 13.2 Å². The number of nitrogens with one attached hydrogen (secondary N) is 1. The van der Waals surface area contributed by atoms with E-state index in [2.05, 4.69) is 5.32 Å². The fourth-order valence-electron chi connectivity index (χ4n) is 2.02. The number of likely N-dealkylation sites (N-methyl/N-ethyl adjacent to an activating group) is 1. The molecule has 112 valence electrons. The molecule has 0 bridgehead atoms. The van der Waals surface area contributed by atoms with Crippen molar-refractivity contribution in [2.45, 2.75) is 13.3 Å². The number of piperazine rings is 1. The molecule has 1 heterocycles. The number of nitrogens with zero attached hydrogens (tertiary/aromatic N) is 2. The second-order valence-electron chi connectivity index (χ2n) is 4.96. The number of rotatable bonds is 7. The van der Waals surface area contributed by atoms with Crippen LogP contribution in [0.5, 0.6) is 0 Å². The van der Waals surface area contributed by atoms with E-state index in [9.17, 15) is 13.2 Å². The zero-order valence-corrected chi connectivity index (χ0v) is 12.7. The fourth-order valence-corrected chi connectivity index (χ4v) is 2.88. The van der Waals surface area contributed by atoms with Crippen LogP contribution in [-0.2, 0) is 14.6 Å². The summed E-state index contributed by atoms with van der Waals surface area (Å²) in [4.78, 5) is 15.7. The lowest BCUT2D eigenvalue weighted by molar-refractivity contribution is -0.132. The molecule has 0 aromatic heterocycles. The Morgan fingerprint density at radius 3 is 2.53 bits per heavy atom. The minimum absolute atomic E-state index is 0.127. The molecule has 7 heteroatoms. The third kappa shape index (κ3) is 6.35. The van der Waals surface area contributed by atoms with Crippen LogP contribution >= 0.6 is 0 Å². The minimum atomic E-state index is -2.89. The van der Waals surface area contributed by atoms with Gasteiger partial charge in [0.1, 0.15) is 9.84 Å². The molecule has 1 aliphatic rings. The topological polar surface area (TPSA) is 69.7 Å². The Morgan fingerprint density at radius 2 is 1.95 bits per heavy atom. The van der Waals surface area contributed by atoms with Crippen LogP contribution in [0.2, 0.25) is 0 Å². The van der Waals surface area contributed by atoms with Gasteiger partial charge in [-0.05, 0) is 20.0 Å². The van der Waals surface area contributed by atoms with Crippen molar-refractivity contribution in [3.63, 3.8) is 0 Å². The number of carbonyl (C=O) groups is 1. The van der Waals surface area contributed by atoms with Crippen molar-refractivity contribution in [2.24, 2.45) is 0 Å². The summed E-state index contributed by atoms with van der Waals surface area (Å²) >= 11 is 0. The summed E-state index contributed by atoms with van der Waals surface area (Å²) in [6.07, 6.45) is 0.585. The molecule has 19 heavy (non-hydrogen) atoms. The Morgan fingerprint density at radius 1 is 1.32 bits per heavy atom. The SMILES string of the molecule is CCS(=O)(=O)CCCN(C)CC(=O)N1CCNCC1. The first kappa shape index (κ1) is 16.4. The average molecular weight is 291 g/mol. The Bertz CT molecular complexity index is 378. The normalized spacial score (nSPS) is 16.9. The average Bonchev–Trinajstić information content (AvgIpc) is 2.39. The lowest BCUT2D eigenvalue weighted by Gasteiger charge is -2.29. The Hall–Kier alpha value is -0.660. The molecule has 1 N–H and O–H groups in total. The van der Waals surface area contributed by atoms with E-state index in [1.54, 1.807) is 6.92 Å². The van der Waals surface area contributed by atoms with E-state index in [1.807, 2.05) is 16.8 Å². The molecule has 0 aromatic carbocycles. The highest BCUT2D eigenvalue weighted by Gasteiger charge is 2.17. The summed E-state index contributed by atoms with van der Waals surface area (Å²) in [5.74, 6) is 0.522. The van der Waals surface area contributed by atoms with Crippen molar-refractivity contribution in [3.8, 4) is 0 Å².